The first-order chi connectivity index (χ1) is 19.9. The van der Waals surface area contributed by atoms with E-state index in [0.717, 1.165) is 29.8 Å². The average molecular weight is 565 g/mol. The molecule has 41 heavy (non-hydrogen) atoms. The molecular weight excluding hydrogens is 520 g/mol. The molecular formula is C33H44N2O6. The fraction of sp³-hybridized carbons (Fsp3) is 0.515. The smallest absolute Gasteiger partial charge is 0.303 e. The molecule has 2 aromatic carbocycles. The van der Waals surface area contributed by atoms with Crippen LogP contribution < -0.4 is 5.32 Å². The number of rotatable bonds is 15. The molecule has 2 aliphatic rings. The van der Waals surface area contributed by atoms with E-state index in [1.54, 1.807) is 0 Å². The van der Waals surface area contributed by atoms with Gasteiger partial charge in [-0.15, -0.1) is 6.58 Å². The van der Waals surface area contributed by atoms with Gasteiger partial charge in [-0.25, -0.2) is 0 Å². The lowest BCUT2D eigenvalue weighted by atomic mass is 9.99. The second-order valence-corrected chi connectivity index (χ2v) is 11.2. The molecule has 1 aliphatic carbocycles. The Balaban J connectivity index is 1.46. The number of carbonyl (C=O) groups excluding carboxylic acids is 1. The van der Waals surface area contributed by atoms with Crippen LogP contribution in [0.15, 0.2) is 61.2 Å². The number of anilines is 1. The number of nitrogens with one attached hydrogen (secondary N) is 1. The van der Waals surface area contributed by atoms with Gasteiger partial charge in [0.25, 0.3) is 0 Å². The number of benzene rings is 2. The molecule has 1 saturated heterocycles. The molecule has 4 rings (SSSR count). The van der Waals surface area contributed by atoms with Crippen LogP contribution in [0, 0.1) is 0 Å². The van der Waals surface area contributed by atoms with Gasteiger partial charge in [0, 0.05) is 49.6 Å². The van der Waals surface area contributed by atoms with Crippen LogP contribution >= 0.6 is 0 Å². The lowest BCUT2D eigenvalue weighted by Crippen LogP contribution is -2.43. The molecule has 2 fully saturated rings. The van der Waals surface area contributed by atoms with Crippen LogP contribution in [0.2, 0.25) is 0 Å². The predicted molar refractivity (Wildman–Crippen MR) is 158 cm³/mol. The highest BCUT2D eigenvalue weighted by Crippen LogP contribution is 2.39. The van der Waals surface area contributed by atoms with Crippen molar-refractivity contribution in [2.75, 3.05) is 18.4 Å². The van der Waals surface area contributed by atoms with Gasteiger partial charge in [0.2, 0.25) is 5.91 Å². The Labute approximate surface area is 243 Å². The number of aliphatic hydroxyl groups is 1. The lowest BCUT2D eigenvalue weighted by molar-refractivity contribution is -0.253. The van der Waals surface area contributed by atoms with E-state index < -0.39 is 12.3 Å². The van der Waals surface area contributed by atoms with E-state index in [1.165, 1.54) is 25.7 Å². The molecule has 8 heteroatoms. The number of ether oxygens (including phenoxy) is 2. The van der Waals surface area contributed by atoms with Gasteiger partial charge >= 0.3 is 5.97 Å². The molecule has 222 valence electrons. The third-order valence-electron chi connectivity index (χ3n) is 7.99. The van der Waals surface area contributed by atoms with E-state index in [4.69, 9.17) is 14.6 Å². The number of amides is 1. The van der Waals surface area contributed by atoms with Crippen LogP contribution in [0.1, 0.15) is 93.3 Å². The highest BCUT2D eigenvalue weighted by atomic mass is 16.7. The van der Waals surface area contributed by atoms with Gasteiger partial charge < -0.3 is 25.0 Å². The number of hydrogen-bond donors (Lipinski definition) is 3. The van der Waals surface area contributed by atoms with E-state index in [-0.39, 0.29) is 31.1 Å². The van der Waals surface area contributed by atoms with Crippen LogP contribution in [0.25, 0.3) is 0 Å². The molecule has 0 aromatic heterocycles. The Morgan fingerprint density at radius 3 is 2.46 bits per heavy atom. The fourth-order valence-electron chi connectivity index (χ4n) is 5.83. The molecule has 1 heterocycles. The maximum absolute atomic E-state index is 12.5. The lowest BCUT2D eigenvalue weighted by Gasteiger charge is -2.39. The van der Waals surface area contributed by atoms with Crippen molar-refractivity contribution in [2.45, 2.75) is 95.4 Å². The Morgan fingerprint density at radius 2 is 1.76 bits per heavy atom. The minimum absolute atomic E-state index is 0.00108. The summed E-state index contributed by atoms with van der Waals surface area (Å²) in [5.41, 5.74) is 3.42. The Morgan fingerprint density at radius 1 is 1.00 bits per heavy atom. The molecule has 2 aromatic rings. The fourth-order valence-corrected chi connectivity index (χ4v) is 5.83. The minimum Gasteiger partial charge on any atom is -0.481 e. The standard InChI is InChI=1S/C33H44N2O6/c1-2-19-35(28-11-6-7-12-28)22-29-21-30(25-17-15-24(23-36)16-18-25)41-33(40-29)26-9-8-10-27(20-26)34-31(37)13-4-3-5-14-32(38)39/h2,8-10,15-18,20,28-30,33,36H,1,3-7,11-14,19,21-23H2,(H,34,37)(H,38,39)/t29-,30+,33+/m1/s1. The first kappa shape index (κ1) is 30.9. The number of hydrogen-bond acceptors (Lipinski definition) is 6. The van der Waals surface area contributed by atoms with Crippen molar-refractivity contribution in [1.82, 2.24) is 4.90 Å². The van der Waals surface area contributed by atoms with E-state index in [9.17, 15) is 14.7 Å². The number of carboxylic acids is 1. The van der Waals surface area contributed by atoms with Crippen molar-refractivity contribution in [1.29, 1.82) is 0 Å². The Kier molecular flexibility index (Phi) is 11.9. The van der Waals surface area contributed by atoms with Crippen molar-refractivity contribution in [2.24, 2.45) is 0 Å². The predicted octanol–water partition coefficient (Wildman–Crippen LogP) is 6.13. The third-order valence-corrected chi connectivity index (χ3v) is 7.99. The number of nitrogens with zero attached hydrogens (tertiary/aromatic N) is 1. The third kappa shape index (κ3) is 9.50. The maximum Gasteiger partial charge on any atom is 0.303 e. The molecule has 0 unspecified atom stereocenters. The van der Waals surface area contributed by atoms with Crippen LogP contribution in [0.3, 0.4) is 0 Å². The van der Waals surface area contributed by atoms with Crippen LogP contribution in [0.4, 0.5) is 5.69 Å². The topological polar surface area (TPSA) is 108 Å². The molecule has 3 N–H and O–H groups in total. The van der Waals surface area contributed by atoms with E-state index in [2.05, 4.69) is 16.8 Å². The summed E-state index contributed by atoms with van der Waals surface area (Å²) in [7, 11) is 0. The van der Waals surface area contributed by atoms with Gasteiger partial charge in [-0.3, -0.25) is 14.5 Å². The van der Waals surface area contributed by atoms with Crippen LogP contribution in [-0.2, 0) is 25.7 Å². The average Bonchev–Trinajstić information content (AvgIpc) is 3.52. The number of carboxylic acid groups (broad SMARTS) is 1. The van der Waals surface area contributed by atoms with Crippen LogP contribution in [0.5, 0.6) is 0 Å². The van der Waals surface area contributed by atoms with Crippen molar-refractivity contribution in [3.63, 3.8) is 0 Å². The molecule has 1 aliphatic heterocycles. The monoisotopic (exact) mass is 564 g/mol. The van der Waals surface area contributed by atoms with Crippen molar-refractivity contribution >= 4 is 17.6 Å². The molecule has 0 radical (unpaired) electrons. The summed E-state index contributed by atoms with van der Waals surface area (Å²) in [6.07, 6.45) is 9.18. The molecule has 3 atom stereocenters. The highest BCUT2D eigenvalue weighted by molar-refractivity contribution is 5.90. The van der Waals surface area contributed by atoms with Gasteiger partial charge in [-0.2, -0.15) is 0 Å². The van der Waals surface area contributed by atoms with E-state index in [1.807, 2.05) is 54.6 Å². The summed E-state index contributed by atoms with van der Waals surface area (Å²) in [6.45, 7) is 5.60. The molecule has 0 bridgehead atoms. The second kappa shape index (κ2) is 15.8. The molecule has 8 nitrogen and oxygen atoms in total. The van der Waals surface area contributed by atoms with Crippen molar-refractivity contribution in [3.05, 3.63) is 77.9 Å². The number of aliphatic carboxylic acids is 1. The van der Waals surface area contributed by atoms with E-state index >= 15 is 0 Å². The van der Waals surface area contributed by atoms with Gasteiger partial charge in [0.05, 0.1) is 18.8 Å². The Bertz CT molecular complexity index is 1130. The largest absolute Gasteiger partial charge is 0.481 e. The maximum atomic E-state index is 12.5. The zero-order chi connectivity index (χ0) is 29.0. The molecule has 0 spiro atoms. The summed E-state index contributed by atoms with van der Waals surface area (Å²) >= 11 is 0. The van der Waals surface area contributed by atoms with Crippen LogP contribution in [-0.4, -0.2) is 52.2 Å². The molecule has 1 amide bonds. The van der Waals surface area contributed by atoms with Gasteiger partial charge in [-0.1, -0.05) is 61.7 Å². The SMILES string of the molecule is C=CCN(C[C@H]1C[C@@H](c2ccc(CO)cc2)O[C@@H](c2cccc(NC(=O)CCCCCC(=O)O)c2)O1)C1CCCC1. The number of aliphatic hydroxyl groups excluding tert-OH is 1. The summed E-state index contributed by atoms with van der Waals surface area (Å²) in [5, 5.41) is 21.2. The first-order valence-electron chi connectivity index (χ1n) is 14.9. The summed E-state index contributed by atoms with van der Waals surface area (Å²) in [4.78, 5) is 25.7. The Hall–Kier alpha value is -3.04. The summed E-state index contributed by atoms with van der Waals surface area (Å²) < 4.78 is 13.1. The number of unbranched alkanes of at least 4 members (excludes halogenated alkanes) is 2. The highest BCUT2D eigenvalue weighted by Gasteiger charge is 2.34. The summed E-state index contributed by atoms with van der Waals surface area (Å²) in [6, 6.07) is 16.0. The van der Waals surface area contributed by atoms with Gasteiger partial charge in [0.1, 0.15) is 0 Å². The molecule has 1 saturated carbocycles. The van der Waals surface area contributed by atoms with Gasteiger partial charge in [-0.05, 0) is 48.9 Å². The van der Waals surface area contributed by atoms with Crippen molar-refractivity contribution < 1.29 is 29.3 Å². The first-order valence-corrected chi connectivity index (χ1v) is 14.9. The zero-order valence-electron chi connectivity index (χ0n) is 23.9. The van der Waals surface area contributed by atoms with E-state index in [0.29, 0.717) is 43.8 Å². The van der Waals surface area contributed by atoms with Crippen molar-refractivity contribution in [3.8, 4) is 0 Å². The second-order valence-electron chi connectivity index (χ2n) is 11.2. The zero-order valence-corrected chi connectivity index (χ0v) is 23.9. The minimum atomic E-state index is -0.808. The normalized spacial score (nSPS) is 21.2. The number of carbonyl (C=O) groups is 2. The van der Waals surface area contributed by atoms with Gasteiger partial charge in [0.15, 0.2) is 6.29 Å². The summed E-state index contributed by atoms with van der Waals surface area (Å²) in [5.74, 6) is -0.906. The quantitative estimate of drug-likeness (QED) is 0.176.